The molecule has 0 atom stereocenters. The van der Waals surface area contributed by atoms with Gasteiger partial charge in [0.25, 0.3) is 0 Å². The van der Waals surface area contributed by atoms with Gasteiger partial charge in [-0.1, -0.05) is 80.3 Å². The van der Waals surface area contributed by atoms with E-state index in [2.05, 4.69) is 138 Å². The van der Waals surface area contributed by atoms with Crippen molar-refractivity contribution in [3.8, 4) is 0 Å². The molecule has 0 saturated heterocycles. The van der Waals surface area contributed by atoms with Crippen molar-refractivity contribution in [2.24, 2.45) is 0 Å². The van der Waals surface area contributed by atoms with Crippen LogP contribution in [0.2, 0.25) is 0 Å². The summed E-state index contributed by atoms with van der Waals surface area (Å²) < 4.78 is 40.2. The van der Waals surface area contributed by atoms with Gasteiger partial charge in [-0.3, -0.25) is 0 Å². The Morgan fingerprint density at radius 1 is 0.706 bits per heavy atom. The Kier molecular flexibility index (Phi) is 12.0. The lowest BCUT2D eigenvalue weighted by molar-refractivity contribution is -0.440. The quantitative estimate of drug-likeness (QED) is 0.109. The molecule has 0 aliphatic heterocycles. The summed E-state index contributed by atoms with van der Waals surface area (Å²) in [4.78, 5) is 2.17. The van der Waals surface area contributed by atoms with Gasteiger partial charge in [-0.25, -0.2) is 8.42 Å². The summed E-state index contributed by atoms with van der Waals surface area (Å²) in [5.41, 5.74) is 14.8. The van der Waals surface area contributed by atoms with Crippen molar-refractivity contribution >= 4 is 38.5 Å². The zero-order valence-electron chi connectivity index (χ0n) is 31.5. The number of aryl methyl sites for hydroxylation is 6. The minimum Gasteiger partial charge on any atom is -0.744 e. The SMILES string of the molecule is CCCCN(c1ccc(C(=C2C=CC(=[N+](CCCC)c3c(C)cc(C)cc3C)C=C2)c2ccccc2S(=O)(=O)[O-])cc1)c1c(C)cc(C)cc1C. The highest BCUT2D eigenvalue weighted by Gasteiger charge is 2.23. The van der Waals surface area contributed by atoms with Crippen molar-refractivity contribution in [1.29, 1.82) is 0 Å². The normalized spacial score (nSPS) is 12.8. The van der Waals surface area contributed by atoms with Crippen molar-refractivity contribution in [3.05, 3.63) is 147 Å². The average Bonchev–Trinajstić information content (AvgIpc) is 3.07. The lowest BCUT2D eigenvalue weighted by atomic mass is 9.90. The first kappa shape index (κ1) is 37.7. The molecule has 266 valence electrons. The third-order valence-corrected chi connectivity index (χ3v) is 10.5. The summed E-state index contributed by atoms with van der Waals surface area (Å²) in [7, 11) is -4.74. The van der Waals surface area contributed by atoms with Crippen LogP contribution in [0, 0.1) is 41.5 Å². The highest BCUT2D eigenvalue weighted by atomic mass is 32.2. The number of unbranched alkanes of at least 4 members (excludes halogenated alkanes) is 2. The fourth-order valence-corrected chi connectivity index (χ4v) is 8.24. The van der Waals surface area contributed by atoms with Crippen molar-refractivity contribution in [3.63, 3.8) is 0 Å². The minimum absolute atomic E-state index is 0.223. The van der Waals surface area contributed by atoms with Crippen LogP contribution in [0.25, 0.3) is 5.57 Å². The molecular formula is C45H52N2O3S. The molecule has 0 bridgehead atoms. The van der Waals surface area contributed by atoms with Gasteiger partial charge in [-0.2, -0.15) is 4.58 Å². The summed E-state index contributed by atoms with van der Waals surface area (Å²) >= 11 is 0. The second-order valence-electron chi connectivity index (χ2n) is 13.9. The van der Waals surface area contributed by atoms with Gasteiger partial charge in [0.1, 0.15) is 16.7 Å². The molecule has 51 heavy (non-hydrogen) atoms. The van der Waals surface area contributed by atoms with Gasteiger partial charge in [-0.05, 0) is 118 Å². The van der Waals surface area contributed by atoms with E-state index in [1.54, 1.807) is 18.2 Å². The maximum Gasteiger partial charge on any atom is 0.211 e. The third-order valence-electron chi connectivity index (χ3n) is 9.64. The predicted molar refractivity (Wildman–Crippen MR) is 213 cm³/mol. The molecule has 5 nitrogen and oxygen atoms in total. The van der Waals surface area contributed by atoms with E-state index in [4.69, 9.17) is 0 Å². The van der Waals surface area contributed by atoms with Gasteiger partial charge in [0, 0.05) is 53.2 Å². The van der Waals surface area contributed by atoms with Crippen LogP contribution in [-0.4, -0.2) is 36.3 Å². The Morgan fingerprint density at radius 2 is 1.25 bits per heavy atom. The highest BCUT2D eigenvalue weighted by Crippen LogP contribution is 2.37. The standard InChI is InChI=1S/C45H52N2O3S/c1-9-11-25-46(44-33(5)27-31(3)28-34(44)6)39-21-17-37(18-22-39)43(41-15-13-14-16-42(41)51(48,49)50)38-19-23-40(24-20-38)47(26-12-10-2)45-35(7)29-32(4)30-36(45)8/h13-24,27-30H,9-12,25-26H2,1-8H3. The molecule has 0 saturated carbocycles. The third kappa shape index (κ3) is 8.52. The molecule has 5 rings (SSSR count). The van der Waals surface area contributed by atoms with Crippen molar-refractivity contribution in [2.75, 3.05) is 18.0 Å². The molecule has 0 unspecified atom stereocenters. The van der Waals surface area contributed by atoms with Crippen molar-refractivity contribution in [2.45, 2.75) is 86.0 Å². The number of hydrogen-bond acceptors (Lipinski definition) is 4. The van der Waals surface area contributed by atoms with E-state index in [1.165, 1.54) is 50.8 Å². The molecule has 0 spiro atoms. The van der Waals surface area contributed by atoms with E-state index in [0.717, 1.165) is 61.3 Å². The van der Waals surface area contributed by atoms with E-state index in [9.17, 15) is 13.0 Å². The fraction of sp³-hybridized carbons (Fsp3) is 0.311. The molecule has 4 aromatic rings. The Hall–Kier alpha value is -4.52. The van der Waals surface area contributed by atoms with Crippen LogP contribution in [0.15, 0.2) is 108 Å². The van der Waals surface area contributed by atoms with Gasteiger partial charge >= 0.3 is 0 Å². The van der Waals surface area contributed by atoms with Gasteiger partial charge < -0.3 is 9.45 Å². The zero-order valence-corrected chi connectivity index (χ0v) is 32.3. The largest absolute Gasteiger partial charge is 0.744 e. The summed E-state index contributed by atoms with van der Waals surface area (Å²) in [5.74, 6) is 0. The number of rotatable bonds is 12. The summed E-state index contributed by atoms with van der Waals surface area (Å²) in [6, 6.07) is 23.8. The van der Waals surface area contributed by atoms with Crippen LogP contribution < -0.4 is 4.90 Å². The molecule has 0 radical (unpaired) electrons. The zero-order chi connectivity index (χ0) is 36.9. The molecule has 1 aliphatic rings. The van der Waals surface area contributed by atoms with Crippen LogP contribution in [-0.2, 0) is 10.1 Å². The van der Waals surface area contributed by atoms with Crippen LogP contribution in [0.1, 0.15) is 84.0 Å². The Balaban J connectivity index is 1.68. The molecule has 6 heteroatoms. The first-order chi connectivity index (χ1) is 24.3. The van der Waals surface area contributed by atoms with E-state index >= 15 is 0 Å². The molecule has 0 aromatic heterocycles. The van der Waals surface area contributed by atoms with Crippen LogP contribution in [0.5, 0.6) is 0 Å². The number of hydrogen-bond donors (Lipinski definition) is 0. The monoisotopic (exact) mass is 700 g/mol. The number of nitrogens with zero attached hydrogens (tertiary/aromatic N) is 2. The van der Waals surface area contributed by atoms with Gasteiger partial charge in [0.2, 0.25) is 11.4 Å². The maximum absolute atomic E-state index is 12.6. The summed E-state index contributed by atoms with van der Waals surface area (Å²) in [6.07, 6.45) is 12.6. The van der Waals surface area contributed by atoms with Gasteiger partial charge in [0.05, 0.1) is 4.90 Å². The first-order valence-corrected chi connectivity index (χ1v) is 19.6. The molecular weight excluding hydrogens is 649 g/mol. The number of anilines is 2. The second kappa shape index (κ2) is 16.2. The molecule has 0 N–H and O–H groups in total. The average molecular weight is 701 g/mol. The maximum atomic E-state index is 12.6. The summed E-state index contributed by atoms with van der Waals surface area (Å²) in [5, 5.41) is 0. The van der Waals surface area contributed by atoms with E-state index in [0.29, 0.717) is 11.1 Å². The van der Waals surface area contributed by atoms with Crippen LogP contribution >= 0.6 is 0 Å². The molecule has 0 amide bonds. The van der Waals surface area contributed by atoms with Crippen molar-refractivity contribution < 1.29 is 17.5 Å². The van der Waals surface area contributed by atoms with Crippen LogP contribution in [0.3, 0.4) is 0 Å². The Morgan fingerprint density at radius 3 is 1.80 bits per heavy atom. The van der Waals surface area contributed by atoms with E-state index < -0.39 is 10.1 Å². The van der Waals surface area contributed by atoms with E-state index in [1.807, 2.05) is 0 Å². The van der Waals surface area contributed by atoms with Gasteiger partial charge in [-0.15, -0.1) is 0 Å². The lowest BCUT2D eigenvalue weighted by Crippen LogP contribution is -2.20. The highest BCUT2D eigenvalue weighted by molar-refractivity contribution is 7.85. The number of allylic oxidation sites excluding steroid dienone is 5. The number of benzene rings is 4. The minimum atomic E-state index is -4.74. The van der Waals surface area contributed by atoms with E-state index in [-0.39, 0.29) is 4.90 Å². The lowest BCUT2D eigenvalue weighted by Gasteiger charge is -2.29. The first-order valence-electron chi connectivity index (χ1n) is 18.2. The van der Waals surface area contributed by atoms with Gasteiger partial charge in [0.15, 0.2) is 0 Å². The predicted octanol–water partition coefficient (Wildman–Crippen LogP) is 10.9. The molecule has 0 fully saturated rings. The smallest absolute Gasteiger partial charge is 0.211 e. The Labute approximate surface area is 306 Å². The Bertz CT molecular complexity index is 2090. The molecule has 1 aliphatic carbocycles. The molecule has 4 aromatic carbocycles. The fourth-order valence-electron chi connectivity index (χ4n) is 7.55. The second-order valence-corrected chi connectivity index (χ2v) is 15.3. The topological polar surface area (TPSA) is 63.5 Å². The molecule has 0 heterocycles. The van der Waals surface area contributed by atoms with Crippen LogP contribution in [0.4, 0.5) is 17.1 Å². The van der Waals surface area contributed by atoms with Crippen molar-refractivity contribution in [1.82, 2.24) is 0 Å². The summed E-state index contributed by atoms with van der Waals surface area (Å²) in [6.45, 7) is 19.1.